The van der Waals surface area contributed by atoms with E-state index in [-0.39, 0.29) is 11.5 Å². The molecule has 0 unspecified atom stereocenters. The molecule has 1 saturated heterocycles. The van der Waals surface area contributed by atoms with Crippen LogP contribution in [0, 0.1) is 5.92 Å². The number of piperazine rings is 1. The predicted octanol–water partition coefficient (Wildman–Crippen LogP) is 5.07. The van der Waals surface area contributed by atoms with Crippen LogP contribution in [0.15, 0.2) is 24.3 Å². The van der Waals surface area contributed by atoms with Gasteiger partial charge in [0.2, 0.25) is 16.0 Å². The van der Waals surface area contributed by atoms with Gasteiger partial charge in [-0.15, -0.1) is 5.10 Å². The highest BCUT2D eigenvalue weighted by Crippen LogP contribution is 2.35. The standard InChI is InChI=1S/C26H36N6OS/c1-5-18-10-12-19(13-11-18)21-22(28-26(2,3)4)32-24(27-21)34-25(29-32)31-16-14-30(15-17-31)23(33)20-8-6-7-9-20/h10-13,20,28H,5-9,14-17H2,1-4H3. The van der Waals surface area contributed by atoms with Gasteiger partial charge in [-0.05, 0) is 45.6 Å². The van der Waals surface area contributed by atoms with Crippen LogP contribution in [0.4, 0.5) is 10.9 Å². The van der Waals surface area contributed by atoms with Crippen molar-refractivity contribution in [1.29, 1.82) is 0 Å². The number of carbonyl (C=O) groups is 1. The summed E-state index contributed by atoms with van der Waals surface area (Å²) in [6.45, 7) is 11.8. The van der Waals surface area contributed by atoms with Crippen molar-refractivity contribution in [3.05, 3.63) is 29.8 Å². The number of rotatable bonds is 5. The van der Waals surface area contributed by atoms with E-state index in [1.165, 1.54) is 18.4 Å². The van der Waals surface area contributed by atoms with E-state index < -0.39 is 0 Å². The molecule has 34 heavy (non-hydrogen) atoms. The summed E-state index contributed by atoms with van der Waals surface area (Å²) in [5.74, 6) is 1.55. The first kappa shape index (κ1) is 23.1. The van der Waals surface area contributed by atoms with Crippen LogP contribution in [0.5, 0.6) is 0 Å². The topological polar surface area (TPSA) is 65.8 Å². The van der Waals surface area contributed by atoms with Gasteiger partial charge in [0.25, 0.3) is 0 Å². The largest absolute Gasteiger partial charge is 0.364 e. The van der Waals surface area contributed by atoms with Crippen molar-refractivity contribution in [2.24, 2.45) is 5.92 Å². The molecule has 1 amide bonds. The zero-order valence-corrected chi connectivity index (χ0v) is 21.6. The van der Waals surface area contributed by atoms with Gasteiger partial charge < -0.3 is 15.1 Å². The third-order valence-corrected chi connectivity index (χ3v) is 7.86. The van der Waals surface area contributed by atoms with Gasteiger partial charge in [-0.3, -0.25) is 4.79 Å². The van der Waals surface area contributed by atoms with E-state index in [0.717, 1.165) is 72.6 Å². The summed E-state index contributed by atoms with van der Waals surface area (Å²) in [5.41, 5.74) is 3.24. The number of imidazole rings is 1. The number of aromatic nitrogens is 3. The van der Waals surface area contributed by atoms with E-state index in [1.54, 1.807) is 11.3 Å². The van der Waals surface area contributed by atoms with E-state index in [1.807, 2.05) is 4.52 Å². The van der Waals surface area contributed by atoms with Crippen molar-refractivity contribution in [1.82, 2.24) is 19.5 Å². The van der Waals surface area contributed by atoms with Gasteiger partial charge in [0.1, 0.15) is 5.69 Å². The fourth-order valence-electron chi connectivity index (χ4n) is 4.98. The fourth-order valence-corrected chi connectivity index (χ4v) is 5.94. The van der Waals surface area contributed by atoms with Crippen LogP contribution in [0.2, 0.25) is 0 Å². The van der Waals surface area contributed by atoms with Crippen molar-refractivity contribution in [3.8, 4) is 11.3 Å². The van der Waals surface area contributed by atoms with Crippen LogP contribution in [-0.2, 0) is 11.2 Å². The van der Waals surface area contributed by atoms with Gasteiger partial charge in [0, 0.05) is 43.2 Å². The molecule has 2 aromatic heterocycles. The number of anilines is 2. The number of carbonyl (C=O) groups excluding carboxylic acids is 1. The Balaban J connectivity index is 1.38. The Bertz CT molecular complexity index is 1140. The van der Waals surface area contributed by atoms with Gasteiger partial charge in [-0.2, -0.15) is 4.52 Å². The van der Waals surface area contributed by atoms with E-state index in [2.05, 4.69) is 67.1 Å². The Morgan fingerprint density at radius 1 is 1.09 bits per heavy atom. The number of benzene rings is 1. The molecule has 2 aliphatic rings. The maximum Gasteiger partial charge on any atom is 0.225 e. The summed E-state index contributed by atoms with van der Waals surface area (Å²) < 4.78 is 1.96. The molecule has 1 N–H and O–H groups in total. The lowest BCUT2D eigenvalue weighted by Gasteiger charge is -2.35. The molecule has 8 heteroatoms. The van der Waals surface area contributed by atoms with Gasteiger partial charge in [0.05, 0.1) is 0 Å². The van der Waals surface area contributed by atoms with Crippen LogP contribution in [0.1, 0.15) is 58.9 Å². The molecule has 1 aliphatic heterocycles. The second-order valence-corrected chi connectivity index (χ2v) is 11.5. The third kappa shape index (κ3) is 4.65. The molecule has 1 saturated carbocycles. The molecule has 1 aliphatic carbocycles. The first-order chi connectivity index (χ1) is 16.3. The molecule has 2 fully saturated rings. The Morgan fingerprint density at radius 2 is 1.76 bits per heavy atom. The summed E-state index contributed by atoms with van der Waals surface area (Å²) in [7, 11) is 0. The van der Waals surface area contributed by atoms with Crippen LogP contribution in [0.25, 0.3) is 16.2 Å². The number of nitrogens with one attached hydrogen (secondary N) is 1. The molecule has 1 aromatic carbocycles. The molecule has 0 atom stereocenters. The van der Waals surface area contributed by atoms with Crippen molar-refractivity contribution in [2.75, 3.05) is 36.4 Å². The van der Waals surface area contributed by atoms with Crippen LogP contribution in [0.3, 0.4) is 0 Å². The highest BCUT2D eigenvalue weighted by molar-refractivity contribution is 7.20. The summed E-state index contributed by atoms with van der Waals surface area (Å²) in [6, 6.07) is 8.66. The number of hydrogen-bond acceptors (Lipinski definition) is 6. The SMILES string of the molecule is CCc1ccc(-c2nc3sc(N4CCN(C(=O)C5CCCC5)CC4)nn3c2NC(C)(C)C)cc1. The smallest absolute Gasteiger partial charge is 0.225 e. The van der Waals surface area contributed by atoms with Crippen LogP contribution < -0.4 is 10.2 Å². The Morgan fingerprint density at radius 3 is 2.38 bits per heavy atom. The second kappa shape index (κ2) is 9.21. The molecule has 0 radical (unpaired) electrons. The highest BCUT2D eigenvalue weighted by atomic mass is 32.1. The van der Waals surface area contributed by atoms with E-state index in [9.17, 15) is 4.79 Å². The van der Waals surface area contributed by atoms with Gasteiger partial charge in [-0.25, -0.2) is 4.98 Å². The van der Waals surface area contributed by atoms with E-state index >= 15 is 0 Å². The summed E-state index contributed by atoms with van der Waals surface area (Å²) in [5, 5.41) is 9.60. The highest BCUT2D eigenvalue weighted by Gasteiger charge is 2.31. The number of nitrogens with zero attached hydrogens (tertiary/aromatic N) is 5. The number of fused-ring (bicyclic) bond motifs is 1. The Labute approximate surface area is 206 Å². The summed E-state index contributed by atoms with van der Waals surface area (Å²) in [6.07, 6.45) is 5.55. The number of hydrogen-bond donors (Lipinski definition) is 1. The second-order valence-electron chi connectivity index (χ2n) is 10.6. The van der Waals surface area contributed by atoms with Gasteiger partial charge in [-0.1, -0.05) is 55.4 Å². The molecular weight excluding hydrogens is 444 g/mol. The van der Waals surface area contributed by atoms with Crippen LogP contribution in [-0.4, -0.2) is 57.1 Å². The average Bonchev–Trinajstić information content (AvgIpc) is 3.56. The molecule has 3 heterocycles. The van der Waals surface area contributed by atoms with Crippen molar-refractivity contribution in [3.63, 3.8) is 0 Å². The molecule has 3 aromatic rings. The third-order valence-electron chi connectivity index (χ3n) is 6.89. The molecule has 182 valence electrons. The zero-order chi connectivity index (χ0) is 23.9. The average molecular weight is 481 g/mol. The van der Waals surface area contributed by atoms with Gasteiger partial charge in [0.15, 0.2) is 5.82 Å². The minimum atomic E-state index is -0.121. The molecule has 0 bridgehead atoms. The number of amides is 1. The Kier molecular flexibility index (Phi) is 6.27. The van der Waals surface area contributed by atoms with Crippen molar-refractivity contribution < 1.29 is 4.79 Å². The van der Waals surface area contributed by atoms with E-state index in [0.29, 0.717) is 5.91 Å². The Hall–Kier alpha value is -2.61. The zero-order valence-electron chi connectivity index (χ0n) is 20.8. The lowest BCUT2D eigenvalue weighted by atomic mass is 10.1. The first-order valence-corrected chi connectivity index (χ1v) is 13.4. The van der Waals surface area contributed by atoms with E-state index in [4.69, 9.17) is 10.1 Å². The van der Waals surface area contributed by atoms with Crippen molar-refractivity contribution >= 4 is 33.2 Å². The van der Waals surface area contributed by atoms with Gasteiger partial charge >= 0.3 is 0 Å². The monoisotopic (exact) mass is 480 g/mol. The quantitative estimate of drug-likeness (QED) is 0.552. The van der Waals surface area contributed by atoms with Crippen molar-refractivity contribution in [2.45, 2.75) is 65.3 Å². The minimum Gasteiger partial charge on any atom is -0.364 e. The lowest BCUT2D eigenvalue weighted by Crippen LogP contribution is -2.50. The fraction of sp³-hybridized carbons (Fsp3) is 0.577. The summed E-state index contributed by atoms with van der Waals surface area (Å²) in [4.78, 5) is 23.1. The first-order valence-electron chi connectivity index (χ1n) is 12.6. The predicted molar refractivity (Wildman–Crippen MR) is 140 cm³/mol. The molecule has 0 spiro atoms. The molecule has 5 rings (SSSR count). The minimum absolute atomic E-state index is 0.121. The van der Waals surface area contributed by atoms with Crippen LogP contribution >= 0.6 is 11.3 Å². The maximum atomic E-state index is 12.8. The summed E-state index contributed by atoms with van der Waals surface area (Å²) >= 11 is 1.63. The maximum absolute atomic E-state index is 12.8. The molecular formula is C26H36N6OS. The molecule has 7 nitrogen and oxygen atoms in total. The number of aryl methyl sites for hydroxylation is 1. The lowest BCUT2D eigenvalue weighted by molar-refractivity contribution is -0.135. The normalized spacial score (nSPS) is 17.6.